The summed E-state index contributed by atoms with van der Waals surface area (Å²) < 4.78 is 25.9. The van der Waals surface area contributed by atoms with Crippen molar-refractivity contribution in [1.29, 1.82) is 0 Å². The Morgan fingerprint density at radius 2 is 1.43 bits per heavy atom. The molecule has 0 amide bonds. The molecule has 0 fully saturated rings. The van der Waals surface area contributed by atoms with Gasteiger partial charge in [-0.25, -0.2) is 4.21 Å². The van der Waals surface area contributed by atoms with E-state index < -0.39 is 17.1 Å². The van der Waals surface area contributed by atoms with Crippen molar-refractivity contribution in [3.8, 4) is 5.75 Å². The normalized spacial score (nSPS) is 13.8. The molecule has 1 atom stereocenters. The average molecular weight is 326 g/mol. The van der Waals surface area contributed by atoms with Crippen LogP contribution in [0.2, 0.25) is 0 Å². The number of carbonyl (C=O) groups is 2. The zero-order valence-corrected chi connectivity index (χ0v) is 14.9. The molecule has 21 heavy (non-hydrogen) atoms. The van der Waals surface area contributed by atoms with Crippen molar-refractivity contribution in [2.45, 2.75) is 0 Å². The Bertz CT molecular complexity index is 772. The standard InChI is InChI=1S/C14H8O5S.K/c15-13-8-4-1-2-5-9(8)14(16)12-10(13)6-3-7-11(12)19-20(17)18;/h1-7H,(H,17,18);/q;+1/p-1. The van der Waals surface area contributed by atoms with Gasteiger partial charge in [0.2, 0.25) is 0 Å². The molecule has 0 saturated heterocycles. The van der Waals surface area contributed by atoms with E-state index in [4.69, 9.17) is 0 Å². The number of carbonyl (C=O) groups excluding carboxylic acids is 2. The summed E-state index contributed by atoms with van der Waals surface area (Å²) in [6.07, 6.45) is 0. The first-order valence-electron chi connectivity index (χ1n) is 5.68. The van der Waals surface area contributed by atoms with Gasteiger partial charge in [-0.05, 0) is 6.07 Å². The predicted molar refractivity (Wildman–Crippen MR) is 69.3 cm³/mol. The van der Waals surface area contributed by atoms with Crippen molar-refractivity contribution in [3.63, 3.8) is 0 Å². The number of ketones is 2. The van der Waals surface area contributed by atoms with Crippen LogP contribution in [0.25, 0.3) is 0 Å². The summed E-state index contributed by atoms with van der Waals surface area (Å²) in [7, 11) is 0. The molecule has 0 heterocycles. The van der Waals surface area contributed by atoms with Crippen LogP contribution < -0.4 is 55.6 Å². The molecule has 2 aromatic rings. The van der Waals surface area contributed by atoms with Crippen LogP contribution in [0.3, 0.4) is 0 Å². The monoisotopic (exact) mass is 326 g/mol. The summed E-state index contributed by atoms with van der Waals surface area (Å²) in [6, 6.07) is 10.7. The maximum absolute atomic E-state index is 12.4. The predicted octanol–water partition coefficient (Wildman–Crippen LogP) is -1.36. The van der Waals surface area contributed by atoms with E-state index in [-0.39, 0.29) is 79.6 Å². The van der Waals surface area contributed by atoms with Crippen LogP contribution in [-0.4, -0.2) is 20.3 Å². The fourth-order valence-electron chi connectivity index (χ4n) is 2.26. The average Bonchev–Trinajstić information content (AvgIpc) is 2.44. The van der Waals surface area contributed by atoms with Crippen LogP contribution in [0.5, 0.6) is 5.75 Å². The summed E-state index contributed by atoms with van der Waals surface area (Å²) in [5.41, 5.74) is 0.695. The van der Waals surface area contributed by atoms with Crippen LogP contribution in [0.4, 0.5) is 0 Å². The summed E-state index contributed by atoms with van der Waals surface area (Å²) in [5.74, 6) is -0.878. The van der Waals surface area contributed by atoms with Crippen LogP contribution in [-0.2, 0) is 11.4 Å². The van der Waals surface area contributed by atoms with Crippen molar-refractivity contribution in [1.82, 2.24) is 0 Å². The van der Waals surface area contributed by atoms with Crippen molar-refractivity contribution in [2.75, 3.05) is 0 Å². The molecule has 0 radical (unpaired) electrons. The Balaban J connectivity index is 0.00000161. The smallest absolute Gasteiger partial charge is 0.740 e. The summed E-state index contributed by atoms with van der Waals surface area (Å²) >= 11 is -2.81. The molecule has 100 valence electrons. The van der Waals surface area contributed by atoms with Crippen LogP contribution in [0.15, 0.2) is 42.5 Å². The third kappa shape index (κ3) is 2.95. The second-order valence-electron chi connectivity index (χ2n) is 4.17. The molecule has 1 aliphatic rings. The van der Waals surface area contributed by atoms with E-state index in [1.165, 1.54) is 24.3 Å². The molecule has 3 rings (SSSR count). The number of hydrogen-bond donors (Lipinski definition) is 0. The molecular weight excluding hydrogens is 319 g/mol. The van der Waals surface area contributed by atoms with Gasteiger partial charge in [-0.2, -0.15) is 0 Å². The molecule has 0 aliphatic heterocycles. The molecule has 0 spiro atoms. The first kappa shape index (κ1) is 16.7. The number of fused-ring (bicyclic) bond motifs is 2. The fraction of sp³-hybridized carbons (Fsp3) is 0. The third-order valence-corrected chi connectivity index (χ3v) is 3.39. The quantitative estimate of drug-likeness (QED) is 0.429. The Hall–Kier alpha value is -0.674. The van der Waals surface area contributed by atoms with Crippen molar-refractivity contribution in [2.24, 2.45) is 0 Å². The summed E-state index contributed by atoms with van der Waals surface area (Å²) in [6.45, 7) is 0. The van der Waals surface area contributed by atoms with Gasteiger partial charge in [-0.1, -0.05) is 36.4 Å². The molecule has 0 aromatic heterocycles. The Morgan fingerprint density at radius 3 is 2.05 bits per heavy atom. The van der Waals surface area contributed by atoms with Crippen molar-refractivity contribution in [3.05, 3.63) is 64.7 Å². The molecule has 7 heteroatoms. The molecule has 2 aromatic carbocycles. The second-order valence-corrected chi connectivity index (χ2v) is 4.74. The van der Waals surface area contributed by atoms with E-state index in [2.05, 4.69) is 4.18 Å². The molecule has 5 nitrogen and oxygen atoms in total. The molecule has 1 aliphatic carbocycles. The van der Waals surface area contributed by atoms with Crippen molar-refractivity contribution >= 4 is 22.9 Å². The molecular formula is C14H7KO5S. The van der Waals surface area contributed by atoms with Gasteiger partial charge < -0.3 is 8.74 Å². The zero-order chi connectivity index (χ0) is 14.3. The first-order valence-corrected chi connectivity index (χ1v) is 6.68. The minimum absolute atomic E-state index is 0. The van der Waals surface area contributed by atoms with Gasteiger partial charge in [-0.3, -0.25) is 9.59 Å². The molecule has 0 N–H and O–H groups in total. The minimum Gasteiger partial charge on any atom is -0.740 e. The zero-order valence-electron chi connectivity index (χ0n) is 11.0. The first-order chi connectivity index (χ1) is 9.59. The number of benzene rings is 2. The third-order valence-electron chi connectivity index (χ3n) is 3.07. The topological polar surface area (TPSA) is 83.5 Å². The summed E-state index contributed by atoms with van der Waals surface area (Å²) in [4.78, 5) is 24.8. The minimum atomic E-state index is -2.81. The SMILES string of the molecule is O=C1c2ccccc2C(=O)c2c(OS(=O)[O-])cccc21.[K+]. The van der Waals surface area contributed by atoms with Crippen LogP contribution in [0, 0.1) is 0 Å². The van der Waals surface area contributed by atoms with Crippen LogP contribution >= 0.6 is 0 Å². The summed E-state index contributed by atoms with van der Waals surface area (Å²) in [5, 5.41) is 0. The van der Waals surface area contributed by atoms with Gasteiger partial charge in [0, 0.05) is 16.7 Å². The van der Waals surface area contributed by atoms with Gasteiger partial charge in [0.25, 0.3) is 0 Å². The van der Waals surface area contributed by atoms with Gasteiger partial charge >= 0.3 is 51.4 Å². The maximum atomic E-state index is 12.4. The Kier molecular flexibility index (Phi) is 5.26. The number of hydrogen-bond acceptors (Lipinski definition) is 5. The van der Waals surface area contributed by atoms with Crippen molar-refractivity contribution < 1.29 is 73.9 Å². The maximum Gasteiger partial charge on any atom is 1.00 e. The Morgan fingerprint density at radius 1 is 0.857 bits per heavy atom. The molecule has 1 unspecified atom stereocenters. The van der Waals surface area contributed by atoms with Crippen LogP contribution in [0.1, 0.15) is 31.8 Å². The van der Waals surface area contributed by atoms with E-state index >= 15 is 0 Å². The Labute approximate surface area is 165 Å². The van der Waals surface area contributed by atoms with E-state index in [1.807, 2.05) is 0 Å². The second kappa shape index (κ2) is 6.61. The largest absolute Gasteiger partial charge is 1.00 e. The fourth-order valence-corrected chi connectivity index (χ4v) is 2.54. The van der Waals surface area contributed by atoms with Gasteiger partial charge in [0.15, 0.2) is 17.3 Å². The van der Waals surface area contributed by atoms with E-state index in [1.54, 1.807) is 18.2 Å². The van der Waals surface area contributed by atoms with E-state index in [9.17, 15) is 18.4 Å². The number of rotatable bonds is 2. The van der Waals surface area contributed by atoms with E-state index in [0.717, 1.165) is 0 Å². The van der Waals surface area contributed by atoms with Gasteiger partial charge in [0.1, 0.15) is 11.4 Å². The van der Waals surface area contributed by atoms with Gasteiger partial charge in [0.05, 0.1) is 5.56 Å². The molecule has 0 bridgehead atoms. The van der Waals surface area contributed by atoms with Gasteiger partial charge in [-0.15, -0.1) is 0 Å². The molecule has 0 saturated carbocycles. The van der Waals surface area contributed by atoms with E-state index in [0.29, 0.717) is 5.56 Å².